The second-order valence-corrected chi connectivity index (χ2v) is 6.22. The lowest BCUT2D eigenvalue weighted by Gasteiger charge is -2.17. The lowest BCUT2D eigenvalue weighted by atomic mass is 10.00. The molecule has 0 bridgehead atoms. The summed E-state index contributed by atoms with van der Waals surface area (Å²) in [5.41, 5.74) is 3.47. The van der Waals surface area contributed by atoms with Gasteiger partial charge in [-0.3, -0.25) is 4.79 Å². The van der Waals surface area contributed by atoms with Crippen LogP contribution >= 0.6 is 11.3 Å². The van der Waals surface area contributed by atoms with Crippen LogP contribution in [0.15, 0.2) is 41.3 Å². The molecule has 0 aliphatic heterocycles. The second-order valence-electron chi connectivity index (χ2n) is 5.24. The molecule has 1 heterocycles. The number of rotatable bonds is 4. The van der Waals surface area contributed by atoms with E-state index in [4.69, 9.17) is 0 Å². The van der Waals surface area contributed by atoms with E-state index in [0.717, 1.165) is 21.6 Å². The van der Waals surface area contributed by atoms with Crippen molar-refractivity contribution < 1.29 is 4.79 Å². The number of nitriles is 1. The van der Waals surface area contributed by atoms with Gasteiger partial charge in [0.15, 0.2) is 0 Å². The quantitative estimate of drug-likeness (QED) is 0.681. The molecule has 112 valence electrons. The van der Waals surface area contributed by atoms with Crippen molar-refractivity contribution >= 4 is 23.3 Å². The van der Waals surface area contributed by atoms with Crippen LogP contribution in [-0.4, -0.2) is 5.91 Å². The van der Waals surface area contributed by atoms with Crippen molar-refractivity contribution in [2.75, 3.05) is 0 Å². The average Bonchev–Trinajstić information content (AvgIpc) is 3.00. The number of thiophene rings is 1. The van der Waals surface area contributed by atoms with Gasteiger partial charge in [0.1, 0.15) is 11.6 Å². The van der Waals surface area contributed by atoms with Crippen molar-refractivity contribution in [3.8, 4) is 6.07 Å². The molecule has 0 unspecified atom stereocenters. The molecule has 1 atom stereocenters. The monoisotopic (exact) mass is 310 g/mol. The Morgan fingerprint density at radius 2 is 2.14 bits per heavy atom. The Kier molecular flexibility index (Phi) is 5.13. The summed E-state index contributed by atoms with van der Waals surface area (Å²) in [5.74, 6) is -0.343. The van der Waals surface area contributed by atoms with Gasteiger partial charge in [0.25, 0.3) is 5.91 Å². The van der Waals surface area contributed by atoms with E-state index in [0.29, 0.717) is 0 Å². The van der Waals surface area contributed by atoms with E-state index >= 15 is 0 Å². The first-order chi connectivity index (χ1) is 10.5. The van der Waals surface area contributed by atoms with E-state index in [-0.39, 0.29) is 17.5 Å². The number of amides is 1. The second kappa shape index (κ2) is 7.06. The molecule has 1 N–H and O–H groups in total. The molecule has 1 amide bonds. The zero-order valence-electron chi connectivity index (χ0n) is 12.9. The van der Waals surface area contributed by atoms with Gasteiger partial charge in [-0.2, -0.15) is 5.26 Å². The van der Waals surface area contributed by atoms with E-state index in [1.807, 2.05) is 56.5 Å². The lowest BCUT2D eigenvalue weighted by Crippen LogP contribution is -2.28. The molecule has 0 aliphatic rings. The minimum atomic E-state index is -0.343. The Morgan fingerprint density at radius 1 is 1.36 bits per heavy atom. The highest BCUT2D eigenvalue weighted by Crippen LogP contribution is 2.20. The van der Waals surface area contributed by atoms with E-state index in [1.165, 1.54) is 11.3 Å². The van der Waals surface area contributed by atoms with Crippen molar-refractivity contribution in [2.24, 2.45) is 0 Å². The summed E-state index contributed by atoms with van der Waals surface area (Å²) in [4.78, 5) is 13.2. The summed E-state index contributed by atoms with van der Waals surface area (Å²) in [5, 5.41) is 14.0. The highest BCUT2D eigenvalue weighted by molar-refractivity contribution is 7.10. The molecule has 22 heavy (non-hydrogen) atoms. The molecule has 2 aromatic rings. The third-order valence-corrected chi connectivity index (χ3v) is 4.26. The Morgan fingerprint density at radius 3 is 2.77 bits per heavy atom. The summed E-state index contributed by atoms with van der Waals surface area (Å²) >= 11 is 1.50. The number of carbonyl (C=O) groups excluding carboxylic acids is 1. The fourth-order valence-corrected chi connectivity index (χ4v) is 2.90. The SMILES string of the molecule is Cc1ccc(C)c([C@H](C)NC(=O)/C(C#N)=C/c2cccs2)c1. The predicted molar refractivity (Wildman–Crippen MR) is 90.4 cm³/mol. The molecular formula is C18H18N2OS. The topological polar surface area (TPSA) is 52.9 Å². The Balaban J connectivity index is 2.17. The zero-order chi connectivity index (χ0) is 16.1. The number of hydrogen-bond donors (Lipinski definition) is 1. The van der Waals surface area contributed by atoms with Gasteiger partial charge in [-0.15, -0.1) is 11.3 Å². The van der Waals surface area contributed by atoms with Crippen molar-refractivity contribution in [3.63, 3.8) is 0 Å². The van der Waals surface area contributed by atoms with E-state index in [9.17, 15) is 10.1 Å². The molecule has 4 heteroatoms. The first-order valence-corrected chi connectivity index (χ1v) is 7.92. The fraction of sp³-hybridized carbons (Fsp3) is 0.222. The molecule has 0 fully saturated rings. The number of aryl methyl sites for hydroxylation is 2. The van der Waals surface area contributed by atoms with Gasteiger partial charge in [0.05, 0.1) is 6.04 Å². The van der Waals surface area contributed by atoms with Gasteiger partial charge < -0.3 is 5.32 Å². The molecule has 3 nitrogen and oxygen atoms in total. The number of nitrogens with one attached hydrogen (secondary N) is 1. The van der Waals surface area contributed by atoms with Crippen molar-refractivity contribution in [1.82, 2.24) is 5.32 Å². The number of carbonyl (C=O) groups is 1. The van der Waals surface area contributed by atoms with Gasteiger partial charge >= 0.3 is 0 Å². The van der Waals surface area contributed by atoms with Crippen LogP contribution in [0.25, 0.3) is 6.08 Å². The summed E-state index contributed by atoms with van der Waals surface area (Å²) in [6.07, 6.45) is 1.62. The fourth-order valence-electron chi connectivity index (χ4n) is 2.24. The van der Waals surface area contributed by atoms with Gasteiger partial charge in [0, 0.05) is 4.88 Å². The van der Waals surface area contributed by atoms with Crippen LogP contribution in [0, 0.1) is 25.2 Å². The van der Waals surface area contributed by atoms with E-state index < -0.39 is 0 Å². The van der Waals surface area contributed by atoms with Crippen LogP contribution < -0.4 is 5.32 Å². The molecular weight excluding hydrogens is 292 g/mol. The summed E-state index contributed by atoms with van der Waals surface area (Å²) in [6, 6.07) is 11.8. The maximum absolute atomic E-state index is 12.3. The maximum Gasteiger partial charge on any atom is 0.262 e. The largest absolute Gasteiger partial charge is 0.345 e. The zero-order valence-corrected chi connectivity index (χ0v) is 13.7. The van der Waals surface area contributed by atoms with E-state index in [1.54, 1.807) is 6.08 Å². The maximum atomic E-state index is 12.3. The van der Waals surface area contributed by atoms with Crippen molar-refractivity contribution in [1.29, 1.82) is 5.26 Å². The molecule has 0 spiro atoms. The van der Waals surface area contributed by atoms with Crippen LogP contribution in [0.1, 0.15) is 34.5 Å². The molecule has 0 saturated heterocycles. The highest BCUT2D eigenvalue weighted by Gasteiger charge is 2.15. The highest BCUT2D eigenvalue weighted by atomic mass is 32.1. The number of hydrogen-bond acceptors (Lipinski definition) is 3. The summed E-state index contributed by atoms with van der Waals surface area (Å²) in [7, 11) is 0. The smallest absolute Gasteiger partial charge is 0.262 e. The standard InChI is InChI=1S/C18H18N2OS/c1-12-6-7-13(2)17(9-12)14(3)20-18(21)15(11-19)10-16-5-4-8-22-16/h4-10,14H,1-3H3,(H,20,21)/b15-10+/t14-/m0/s1. The Labute approximate surface area is 134 Å². The molecule has 1 aromatic heterocycles. The Bertz CT molecular complexity index is 739. The molecule has 0 saturated carbocycles. The van der Waals surface area contributed by atoms with Crippen molar-refractivity contribution in [2.45, 2.75) is 26.8 Å². The molecule has 2 rings (SSSR count). The first kappa shape index (κ1) is 16.0. The third-order valence-electron chi connectivity index (χ3n) is 3.44. The molecule has 0 radical (unpaired) electrons. The summed E-state index contributed by atoms with van der Waals surface area (Å²) in [6.45, 7) is 5.97. The lowest BCUT2D eigenvalue weighted by molar-refractivity contribution is -0.117. The van der Waals surface area contributed by atoms with Crippen LogP contribution in [0.3, 0.4) is 0 Å². The van der Waals surface area contributed by atoms with Crippen molar-refractivity contribution in [3.05, 3.63) is 62.9 Å². The molecule has 0 aliphatic carbocycles. The van der Waals surface area contributed by atoms with Gasteiger partial charge in [-0.05, 0) is 49.4 Å². The third kappa shape index (κ3) is 3.84. The minimum Gasteiger partial charge on any atom is -0.345 e. The average molecular weight is 310 g/mol. The van der Waals surface area contributed by atoms with Gasteiger partial charge in [-0.1, -0.05) is 29.8 Å². The normalized spacial score (nSPS) is 12.5. The van der Waals surface area contributed by atoms with Crippen LogP contribution in [0.4, 0.5) is 0 Å². The predicted octanol–water partition coefficient (Wildman–Crippen LogP) is 4.15. The van der Waals surface area contributed by atoms with Gasteiger partial charge in [-0.25, -0.2) is 0 Å². The number of benzene rings is 1. The molecule has 1 aromatic carbocycles. The number of nitrogens with zero attached hydrogens (tertiary/aromatic N) is 1. The van der Waals surface area contributed by atoms with Gasteiger partial charge in [0.2, 0.25) is 0 Å². The van der Waals surface area contributed by atoms with E-state index in [2.05, 4.69) is 11.4 Å². The first-order valence-electron chi connectivity index (χ1n) is 7.04. The summed E-state index contributed by atoms with van der Waals surface area (Å²) < 4.78 is 0. The minimum absolute atomic E-state index is 0.125. The van der Waals surface area contributed by atoms with Crippen LogP contribution in [0.2, 0.25) is 0 Å². The Hall–Kier alpha value is -2.38. The van der Waals surface area contributed by atoms with Crippen LogP contribution in [0.5, 0.6) is 0 Å². The van der Waals surface area contributed by atoms with Crippen LogP contribution in [-0.2, 0) is 4.79 Å².